The Balaban J connectivity index is 2.58. The molecule has 1 rings (SSSR count). The molecule has 0 bridgehead atoms. The van der Waals surface area contributed by atoms with Crippen molar-refractivity contribution in [1.29, 1.82) is 0 Å². The quantitative estimate of drug-likeness (QED) is 0.787. The standard InChI is InChI=1S/C15H24FNO2/c1-11(2)17-8-13-5-6-15(16)14(7-13)10-19-12(3)9-18-4/h5-7,11-12,17H,8-10H2,1-4H3. The predicted molar refractivity (Wildman–Crippen MR) is 74.5 cm³/mol. The van der Waals surface area contributed by atoms with Gasteiger partial charge in [-0.15, -0.1) is 0 Å². The number of nitrogens with one attached hydrogen (secondary N) is 1. The molecule has 1 N–H and O–H groups in total. The van der Waals surface area contributed by atoms with Gasteiger partial charge in [-0.3, -0.25) is 0 Å². The van der Waals surface area contributed by atoms with Gasteiger partial charge in [0, 0.05) is 25.3 Å². The van der Waals surface area contributed by atoms with Gasteiger partial charge in [-0.25, -0.2) is 4.39 Å². The molecular weight excluding hydrogens is 245 g/mol. The first-order chi connectivity index (χ1) is 9.02. The van der Waals surface area contributed by atoms with E-state index in [9.17, 15) is 4.39 Å². The summed E-state index contributed by atoms with van der Waals surface area (Å²) in [5, 5.41) is 3.31. The van der Waals surface area contributed by atoms with Crippen molar-refractivity contribution in [2.24, 2.45) is 0 Å². The van der Waals surface area contributed by atoms with Gasteiger partial charge in [0.2, 0.25) is 0 Å². The van der Waals surface area contributed by atoms with Crippen molar-refractivity contribution in [3.05, 3.63) is 35.1 Å². The summed E-state index contributed by atoms with van der Waals surface area (Å²) in [6, 6.07) is 5.56. The van der Waals surface area contributed by atoms with E-state index in [2.05, 4.69) is 19.2 Å². The van der Waals surface area contributed by atoms with Gasteiger partial charge in [-0.05, 0) is 24.6 Å². The predicted octanol–water partition coefficient (Wildman–Crippen LogP) is 2.88. The van der Waals surface area contributed by atoms with Gasteiger partial charge in [0.15, 0.2) is 0 Å². The fraction of sp³-hybridized carbons (Fsp3) is 0.600. The fourth-order valence-electron chi connectivity index (χ4n) is 1.69. The zero-order chi connectivity index (χ0) is 14.3. The largest absolute Gasteiger partial charge is 0.382 e. The molecule has 1 atom stereocenters. The van der Waals surface area contributed by atoms with Crippen molar-refractivity contribution < 1.29 is 13.9 Å². The van der Waals surface area contributed by atoms with E-state index in [0.29, 0.717) is 18.2 Å². The average molecular weight is 269 g/mol. The van der Waals surface area contributed by atoms with Gasteiger partial charge < -0.3 is 14.8 Å². The normalized spacial score (nSPS) is 12.9. The highest BCUT2D eigenvalue weighted by molar-refractivity contribution is 5.24. The van der Waals surface area contributed by atoms with Crippen LogP contribution in [0, 0.1) is 5.82 Å². The number of rotatable bonds is 8. The average Bonchev–Trinajstić information content (AvgIpc) is 2.36. The van der Waals surface area contributed by atoms with Gasteiger partial charge in [0.25, 0.3) is 0 Å². The summed E-state index contributed by atoms with van der Waals surface area (Å²) >= 11 is 0. The van der Waals surface area contributed by atoms with E-state index in [0.717, 1.165) is 12.1 Å². The first kappa shape index (κ1) is 16.1. The van der Waals surface area contributed by atoms with Gasteiger partial charge in [0.05, 0.1) is 19.3 Å². The molecule has 0 saturated heterocycles. The molecule has 0 aliphatic heterocycles. The number of ether oxygens (including phenoxy) is 2. The van der Waals surface area contributed by atoms with Crippen molar-refractivity contribution in [3.63, 3.8) is 0 Å². The van der Waals surface area contributed by atoms with E-state index < -0.39 is 0 Å². The van der Waals surface area contributed by atoms with E-state index >= 15 is 0 Å². The van der Waals surface area contributed by atoms with Gasteiger partial charge >= 0.3 is 0 Å². The molecule has 4 heteroatoms. The van der Waals surface area contributed by atoms with E-state index in [1.807, 2.05) is 13.0 Å². The maximum Gasteiger partial charge on any atom is 0.128 e. The van der Waals surface area contributed by atoms with E-state index in [1.165, 1.54) is 6.07 Å². The zero-order valence-electron chi connectivity index (χ0n) is 12.2. The van der Waals surface area contributed by atoms with Crippen LogP contribution in [0.4, 0.5) is 4.39 Å². The smallest absolute Gasteiger partial charge is 0.128 e. The van der Waals surface area contributed by atoms with E-state index in [-0.39, 0.29) is 18.5 Å². The Morgan fingerprint density at radius 1 is 1.26 bits per heavy atom. The van der Waals surface area contributed by atoms with Crippen LogP contribution >= 0.6 is 0 Å². The van der Waals surface area contributed by atoms with E-state index in [4.69, 9.17) is 9.47 Å². The molecular formula is C15H24FNO2. The molecule has 1 unspecified atom stereocenters. The molecule has 0 spiro atoms. The van der Waals surface area contributed by atoms with Crippen LogP contribution in [0.15, 0.2) is 18.2 Å². The third kappa shape index (κ3) is 6.14. The molecule has 1 aromatic carbocycles. The van der Waals surface area contributed by atoms with E-state index in [1.54, 1.807) is 13.2 Å². The SMILES string of the molecule is COCC(C)OCc1cc(CNC(C)C)ccc1F. The molecule has 0 radical (unpaired) electrons. The molecule has 1 aromatic rings. The minimum absolute atomic E-state index is 0.0400. The van der Waals surface area contributed by atoms with Crippen LogP contribution in [-0.4, -0.2) is 25.9 Å². The minimum atomic E-state index is -0.224. The molecule has 0 heterocycles. The van der Waals surface area contributed by atoms with Crippen molar-refractivity contribution in [2.75, 3.05) is 13.7 Å². The lowest BCUT2D eigenvalue weighted by atomic mass is 10.1. The minimum Gasteiger partial charge on any atom is -0.382 e. The Morgan fingerprint density at radius 2 is 2.00 bits per heavy atom. The van der Waals surface area contributed by atoms with Crippen LogP contribution in [-0.2, 0) is 22.6 Å². The number of hydrogen-bond donors (Lipinski definition) is 1. The molecule has 0 fully saturated rings. The summed E-state index contributed by atoms with van der Waals surface area (Å²) in [5.41, 5.74) is 1.65. The van der Waals surface area contributed by atoms with Crippen LogP contribution in [0.1, 0.15) is 31.9 Å². The van der Waals surface area contributed by atoms with Gasteiger partial charge in [-0.2, -0.15) is 0 Å². The van der Waals surface area contributed by atoms with Crippen LogP contribution in [0.25, 0.3) is 0 Å². The molecule has 108 valence electrons. The molecule has 3 nitrogen and oxygen atoms in total. The monoisotopic (exact) mass is 269 g/mol. The molecule has 0 amide bonds. The maximum atomic E-state index is 13.7. The second-order valence-electron chi connectivity index (χ2n) is 5.04. The Hall–Kier alpha value is -0.970. The van der Waals surface area contributed by atoms with Gasteiger partial charge in [-0.1, -0.05) is 19.9 Å². The summed E-state index contributed by atoms with van der Waals surface area (Å²) in [7, 11) is 1.62. The number of halogens is 1. The fourth-order valence-corrected chi connectivity index (χ4v) is 1.69. The number of hydrogen-bond acceptors (Lipinski definition) is 3. The lowest BCUT2D eigenvalue weighted by molar-refractivity contribution is -0.00112. The first-order valence-corrected chi connectivity index (χ1v) is 6.64. The third-order valence-electron chi connectivity index (χ3n) is 2.75. The van der Waals surface area contributed by atoms with Crippen molar-refractivity contribution in [1.82, 2.24) is 5.32 Å². The summed E-state index contributed by atoms with van der Waals surface area (Å²) in [6.07, 6.45) is -0.0400. The summed E-state index contributed by atoms with van der Waals surface area (Å²) in [6.45, 7) is 7.59. The molecule has 0 saturated carbocycles. The number of benzene rings is 1. The second-order valence-corrected chi connectivity index (χ2v) is 5.04. The Bertz CT molecular complexity index is 382. The Kier molecular flexibility index (Phi) is 6.99. The second kappa shape index (κ2) is 8.25. The first-order valence-electron chi connectivity index (χ1n) is 6.64. The number of methoxy groups -OCH3 is 1. The lowest BCUT2D eigenvalue weighted by Gasteiger charge is -2.14. The summed E-state index contributed by atoms with van der Waals surface area (Å²) in [5.74, 6) is -0.224. The topological polar surface area (TPSA) is 30.5 Å². The lowest BCUT2D eigenvalue weighted by Crippen LogP contribution is -2.22. The zero-order valence-corrected chi connectivity index (χ0v) is 12.2. The summed E-state index contributed by atoms with van der Waals surface area (Å²) in [4.78, 5) is 0. The third-order valence-corrected chi connectivity index (χ3v) is 2.75. The molecule has 19 heavy (non-hydrogen) atoms. The van der Waals surface area contributed by atoms with Crippen molar-refractivity contribution in [2.45, 2.75) is 46.1 Å². The highest BCUT2D eigenvalue weighted by Gasteiger charge is 2.07. The Morgan fingerprint density at radius 3 is 2.63 bits per heavy atom. The van der Waals surface area contributed by atoms with Crippen LogP contribution in [0.5, 0.6) is 0 Å². The molecule has 0 aliphatic rings. The molecule has 0 aromatic heterocycles. The van der Waals surface area contributed by atoms with Crippen molar-refractivity contribution in [3.8, 4) is 0 Å². The van der Waals surface area contributed by atoms with Crippen LogP contribution in [0.3, 0.4) is 0 Å². The van der Waals surface area contributed by atoms with Crippen LogP contribution < -0.4 is 5.32 Å². The highest BCUT2D eigenvalue weighted by Crippen LogP contribution is 2.13. The summed E-state index contributed by atoms with van der Waals surface area (Å²) < 4.78 is 24.2. The van der Waals surface area contributed by atoms with Crippen molar-refractivity contribution >= 4 is 0 Å². The highest BCUT2D eigenvalue weighted by atomic mass is 19.1. The van der Waals surface area contributed by atoms with Crippen LogP contribution in [0.2, 0.25) is 0 Å². The Labute approximate surface area is 115 Å². The van der Waals surface area contributed by atoms with Gasteiger partial charge in [0.1, 0.15) is 5.82 Å². The maximum absolute atomic E-state index is 13.7. The molecule has 0 aliphatic carbocycles.